The molecule has 0 radical (unpaired) electrons. The van der Waals surface area contributed by atoms with Gasteiger partial charge in [0.2, 0.25) is 0 Å². The summed E-state index contributed by atoms with van der Waals surface area (Å²) in [5.41, 5.74) is 1.67. The van der Waals surface area contributed by atoms with Crippen molar-refractivity contribution < 1.29 is 13.5 Å². The molecule has 3 nitrogen and oxygen atoms in total. The van der Waals surface area contributed by atoms with Crippen molar-refractivity contribution in [3.63, 3.8) is 0 Å². The van der Waals surface area contributed by atoms with Gasteiger partial charge in [0.15, 0.2) is 5.11 Å². The van der Waals surface area contributed by atoms with Crippen LogP contribution in [-0.2, 0) is 6.54 Å². The maximum Gasteiger partial charge on any atom is 0.387 e. The summed E-state index contributed by atoms with van der Waals surface area (Å²) in [5, 5.41) is 7.07. The molecule has 7 heteroatoms. The summed E-state index contributed by atoms with van der Waals surface area (Å²) in [7, 11) is 0. The van der Waals surface area contributed by atoms with E-state index in [0.717, 1.165) is 11.3 Å². The molecule has 0 spiro atoms. The van der Waals surface area contributed by atoms with Crippen LogP contribution in [0.4, 0.5) is 14.5 Å². The third kappa shape index (κ3) is 5.46. The largest absolute Gasteiger partial charge is 0.435 e. The molecular formula is C15H13ClF2N2OS. The van der Waals surface area contributed by atoms with Gasteiger partial charge < -0.3 is 15.4 Å². The molecule has 2 aromatic carbocycles. The van der Waals surface area contributed by atoms with Gasteiger partial charge in [-0.15, -0.1) is 0 Å². The average molecular weight is 343 g/mol. The fourth-order valence-corrected chi connectivity index (χ4v) is 2.09. The Morgan fingerprint density at radius 2 is 1.91 bits per heavy atom. The molecule has 2 rings (SSSR count). The lowest BCUT2D eigenvalue weighted by Crippen LogP contribution is -2.27. The first-order chi connectivity index (χ1) is 10.5. The van der Waals surface area contributed by atoms with Crippen LogP contribution < -0.4 is 15.4 Å². The second-order valence-electron chi connectivity index (χ2n) is 4.34. The summed E-state index contributed by atoms with van der Waals surface area (Å²) in [5.74, 6) is 0.123. The smallest absolute Gasteiger partial charge is 0.387 e. The predicted molar refractivity (Wildman–Crippen MR) is 87.6 cm³/mol. The topological polar surface area (TPSA) is 33.3 Å². The number of halogens is 3. The van der Waals surface area contributed by atoms with Gasteiger partial charge in [-0.3, -0.25) is 0 Å². The van der Waals surface area contributed by atoms with Crippen molar-refractivity contribution in [3.8, 4) is 5.75 Å². The van der Waals surface area contributed by atoms with E-state index in [-0.39, 0.29) is 5.75 Å². The molecule has 0 saturated heterocycles. The second-order valence-corrected chi connectivity index (χ2v) is 5.19. The Hall–Kier alpha value is -1.92. The van der Waals surface area contributed by atoms with Crippen molar-refractivity contribution in [2.75, 3.05) is 5.32 Å². The molecule has 0 saturated carbocycles. The summed E-state index contributed by atoms with van der Waals surface area (Å²) in [4.78, 5) is 0. The van der Waals surface area contributed by atoms with Crippen LogP contribution in [0.25, 0.3) is 0 Å². The third-order valence-electron chi connectivity index (χ3n) is 2.68. The molecule has 2 aromatic rings. The summed E-state index contributed by atoms with van der Waals surface area (Å²) >= 11 is 11.1. The highest BCUT2D eigenvalue weighted by molar-refractivity contribution is 7.80. The Kier molecular flexibility index (Phi) is 5.91. The van der Waals surface area contributed by atoms with Crippen LogP contribution >= 0.6 is 23.8 Å². The van der Waals surface area contributed by atoms with E-state index in [9.17, 15) is 8.78 Å². The highest BCUT2D eigenvalue weighted by atomic mass is 35.5. The Balaban J connectivity index is 1.83. The van der Waals surface area contributed by atoms with Gasteiger partial charge in [-0.05, 0) is 48.1 Å². The number of hydrogen-bond donors (Lipinski definition) is 2. The summed E-state index contributed by atoms with van der Waals surface area (Å²) < 4.78 is 28.4. The number of anilines is 1. The number of nitrogens with one attached hydrogen (secondary N) is 2. The molecule has 0 amide bonds. The monoisotopic (exact) mass is 342 g/mol. The third-order valence-corrected chi connectivity index (χ3v) is 3.17. The van der Waals surface area contributed by atoms with Crippen LogP contribution in [0.15, 0.2) is 48.5 Å². The van der Waals surface area contributed by atoms with E-state index in [1.807, 2.05) is 12.1 Å². The minimum absolute atomic E-state index is 0.123. The molecule has 0 aromatic heterocycles. The number of thiocarbonyl (C=S) groups is 1. The molecule has 0 atom stereocenters. The van der Waals surface area contributed by atoms with E-state index in [4.69, 9.17) is 23.8 Å². The van der Waals surface area contributed by atoms with Crippen molar-refractivity contribution >= 4 is 34.6 Å². The lowest BCUT2D eigenvalue weighted by atomic mass is 10.2. The second kappa shape index (κ2) is 7.91. The molecule has 0 fully saturated rings. The maximum atomic E-state index is 12.0. The van der Waals surface area contributed by atoms with Gasteiger partial charge in [-0.2, -0.15) is 8.78 Å². The maximum absolute atomic E-state index is 12.0. The zero-order chi connectivity index (χ0) is 15.9. The van der Waals surface area contributed by atoms with Gasteiger partial charge in [0.1, 0.15) is 5.75 Å². The quantitative estimate of drug-likeness (QED) is 0.788. The van der Waals surface area contributed by atoms with Crippen LogP contribution in [-0.4, -0.2) is 11.7 Å². The van der Waals surface area contributed by atoms with E-state index in [1.165, 1.54) is 12.1 Å². The first kappa shape index (κ1) is 16.5. The van der Waals surface area contributed by atoms with Crippen LogP contribution in [0.1, 0.15) is 5.56 Å². The molecule has 2 N–H and O–H groups in total. The van der Waals surface area contributed by atoms with Gasteiger partial charge in [0.25, 0.3) is 0 Å². The van der Waals surface area contributed by atoms with Crippen LogP contribution in [0.2, 0.25) is 5.02 Å². The lowest BCUT2D eigenvalue weighted by molar-refractivity contribution is -0.0498. The Bertz CT molecular complexity index is 638. The van der Waals surface area contributed by atoms with Crippen molar-refractivity contribution in [1.82, 2.24) is 5.32 Å². The van der Waals surface area contributed by atoms with E-state index in [1.54, 1.807) is 24.3 Å². The van der Waals surface area contributed by atoms with Gasteiger partial charge in [-0.1, -0.05) is 29.8 Å². The average Bonchev–Trinajstić information content (AvgIpc) is 2.46. The number of hydrogen-bond acceptors (Lipinski definition) is 2. The molecule has 0 unspecified atom stereocenters. The van der Waals surface area contributed by atoms with Crippen LogP contribution in [0.5, 0.6) is 5.75 Å². The Labute approximate surface area is 137 Å². The van der Waals surface area contributed by atoms with Gasteiger partial charge >= 0.3 is 6.61 Å². The molecule has 0 heterocycles. The number of benzene rings is 2. The molecular weight excluding hydrogens is 330 g/mol. The fraction of sp³-hybridized carbons (Fsp3) is 0.133. The van der Waals surface area contributed by atoms with Crippen LogP contribution in [0, 0.1) is 0 Å². The molecule has 0 aliphatic carbocycles. The van der Waals surface area contributed by atoms with Crippen molar-refractivity contribution in [1.29, 1.82) is 0 Å². The van der Waals surface area contributed by atoms with Gasteiger partial charge in [0, 0.05) is 17.3 Å². The van der Waals surface area contributed by atoms with Gasteiger partial charge in [-0.25, -0.2) is 0 Å². The van der Waals surface area contributed by atoms with E-state index in [2.05, 4.69) is 15.4 Å². The summed E-state index contributed by atoms with van der Waals surface area (Å²) in [6, 6.07) is 13.5. The van der Waals surface area contributed by atoms with Crippen molar-refractivity contribution in [2.45, 2.75) is 13.2 Å². The molecule has 0 bridgehead atoms. The molecule has 116 valence electrons. The van der Waals surface area contributed by atoms with Crippen LogP contribution in [0.3, 0.4) is 0 Å². The normalized spacial score (nSPS) is 10.4. The lowest BCUT2D eigenvalue weighted by Gasteiger charge is -2.11. The first-order valence-electron chi connectivity index (χ1n) is 6.37. The SMILES string of the molecule is FC(F)Oc1ccc(CNC(=S)Nc2cccc(Cl)c2)cc1. The predicted octanol–water partition coefficient (Wildman–Crippen LogP) is 4.43. The number of ether oxygens (including phenoxy) is 1. The zero-order valence-electron chi connectivity index (χ0n) is 11.4. The number of rotatable bonds is 5. The highest BCUT2D eigenvalue weighted by Gasteiger charge is 2.04. The fourth-order valence-electron chi connectivity index (χ4n) is 1.71. The van der Waals surface area contributed by atoms with Crippen molar-refractivity contribution in [3.05, 3.63) is 59.1 Å². The van der Waals surface area contributed by atoms with E-state index in [0.29, 0.717) is 16.7 Å². The summed E-state index contributed by atoms with van der Waals surface area (Å²) in [6.45, 7) is -2.36. The van der Waals surface area contributed by atoms with Gasteiger partial charge in [0.05, 0.1) is 0 Å². The Morgan fingerprint density at radius 1 is 1.18 bits per heavy atom. The highest BCUT2D eigenvalue weighted by Crippen LogP contribution is 2.16. The molecule has 0 aliphatic rings. The zero-order valence-corrected chi connectivity index (χ0v) is 12.9. The first-order valence-corrected chi connectivity index (χ1v) is 7.16. The standard InChI is InChI=1S/C15H13ClF2N2OS/c16-11-2-1-3-12(8-11)20-15(22)19-9-10-4-6-13(7-5-10)21-14(17)18/h1-8,14H,9H2,(H2,19,20,22). The minimum Gasteiger partial charge on any atom is -0.435 e. The molecule has 0 aliphatic heterocycles. The minimum atomic E-state index is -2.82. The van der Waals surface area contributed by atoms with E-state index >= 15 is 0 Å². The number of alkyl halides is 2. The summed E-state index contributed by atoms with van der Waals surface area (Å²) in [6.07, 6.45) is 0. The molecule has 22 heavy (non-hydrogen) atoms. The van der Waals surface area contributed by atoms with E-state index < -0.39 is 6.61 Å². The van der Waals surface area contributed by atoms with Crippen molar-refractivity contribution in [2.24, 2.45) is 0 Å². The Morgan fingerprint density at radius 3 is 2.55 bits per heavy atom.